The predicted molar refractivity (Wildman–Crippen MR) is 82.9 cm³/mol. The molecule has 102 valence electrons. The molecule has 1 heterocycles. The summed E-state index contributed by atoms with van der Waals surface area (Å²) < 4.78 is 14.4. The van der Waals surface area contributed by atoms with Crippen LogP contribution in [0.3, 0.4) is 0 Å². The lowest BCUT2D eigenvalue weighted by Crippen LogP contribution is -2.35. The standard InChI is InChI=1S/C15H11BrFNOS/c16-11-5-3-4-10(14(11)17)15(19)18-8-9-20-13-7-2-1-6-12(13)18/h1-7H,8-9H2. The Morgan fingerprint density at radius 1 is 1.20 bits per heavy atom. The molecule has 0 fully saturated rings. The second-order valence-corrected chi connectivity index (χ2v) is 6.37. The molecule has 0 unspecified atom stereocenters. The van der Waals surface area contributed by atoms with Crippen molar-refractivity contribution in [2.75, 3.05) is 17.2 Å². The molecular formula is C15H11BrFNOS. The van der Waals surface area contributed by atoms with E-state index >= 15 is 0 Å². The molecule has 1 aliphatic heterocycles. The van der Waals surface area contributed by atoms with E-state index in [0.717, 1.165) is 16.3 Å². The third kappa shape index (κ3) is 2.36. The number of anilines is 1. The van der Waals surface area contributed by atoms with Crippen molar-refractivity contribution in [3.05, 3.63) is 58.3 Å². The van der Waals surface area contributed by atoms with E-state index < -0.39 is 5.82 Å². The molecule has 0 atom stereocenters. The number of hydrogen-bond acceptors (Lipinski definition) is 2. The van der Waals surface area contributed by atoms with E-state index in [2.05, 4.69) is 15.9 Å². The summed E-state index contributed by atoms with van der Waals surface area (Å²) in [5, 5.41) is 0. The lowest BCUT2D eigenvalue weighted by atomic mass is 10.1. The maximum absolute atomic E-state index is 14.1. The van der Waals surface area contributed by atoms with E-state index in [1.54, 1.807) is 28.8 Å². The lowest BCUT2D eigenvalue weighted by molar-refractivity contribution is 0.0983. The summed E-state index contributed by atoms with van der Waals surface area (Å²) in [6.07, 6.45) is 0. The quantitative estimate of drug-likeness (QED) is 0.761. The minimum atomic E-state index is -0.506. The van der Waals surface area contributed by atoms with Gasteiger partial charge in [0.2, 0.25) is 0 Å². The van der Waals surface area contributed by atoms with Gasteiger partial charge in [0.05, 0.1) is 15.7 Å². The number of hydrogen-bond donors (Lipinski definition) is 0. The highest BCUT2D eigenvalue weighted by Gasteiger charge is 2.26. The van der Waals surface area contributed by atoms with E-state index in [0.29, 0.717) is 11.0 Å². The summed E-state index contributed by atoms with van der Waals surface area (Å²) in [4.78, 5) is 15.3. The molecule has 20 heavy (non-hydrogen) atoms. The number of rotatable bonds is 1. The maximum Gasteiger partial charge on any atom is 0.261 e. The van der Waals surface area contributed by atoms with Crippen molar-refractivity contribution in [1.82, 2.24) is 0 Å². The van der Waals surface area contributed by atoms with Crippen LogP contribution < -0.4 is 4.90 Å². The molecule has 0 N–H and O–H groups in total. The number of para-hydroxylation sites is 1. The molecule has 0 saturated heterocycles. The van der Waals surface area contributed by atoms with Crippen molar-refractivity contribution in [2.45, 2.75) is 4.90 Å². The number of thioether (sulfide) groups is 1. The number of halogens is 2. The van der Waals surface area contributed by atoms with E-state index in [4.69, 9.17) is 0 Å². The number of fused-ring (bicyclic) bond motifs is 1. The smallest absolute Gasteiger partial charge is 0.261 e. The molecule has 0 saturated carbocycles. The van der Waals surface area contributed by atoms with Crippen molar-refractivity contribution >= 4 is 39.3 Å². The highest BCUT2D eigenvalue weighted by Crippen LogP contribution is 2.35. The number of carbonyl (C=O) groups excluding carboxylic acids is 1. The van der Waals surface area contributed by atoms with Crippen LogP contribution in [0.5, 0.6) is 0 Å². The van der Waals surface area contributed by atoms with E-state index in [1.807, 2.05) is 24.3 Å². The number of carbonyl (C=O) groups is 1. The lowest BCUT2D eigenvalue weighted by Gasteiger charge is -2.29. The first-order valence-electron chi connectivity index (χ1n) is 6.16. The fourth-order valence-corrected chi connectivity index (χ4v) is 3.56. The summed E-state index contributed by atoms with van der Waals surface area (Å²) >= 11 is 4.84. The molecule has 0 aliphatic carbocycles. The van der Waals surface area contributed by atoms with Crippen molar-refractivity contribution in [3.8, 4) is 0 Å². The second-order valence-electron chi connectivity index (χ2n) is 4.37. The minimum Gasteiger partial charge on any atom is -0.306 e. The summed E-state index contributed by atoms with van der Waals surface area (Å²) in [6, 6.07) is 12.5. The van der Waals surface area contributed by atoms with Crippen LogP contribution in [0.1, 0.15) is 10.4 Å². The van der Waals surface area contributed by atoms with Gasteiger partial charge < -0.3 is 4.90 Å². The zero-order chi connectivity index (χ0) is 14.1. The third-order valence-corrected chi connectivity index (χ3v) is 4.81. The summed E-state index contributed by atoms with van der Waals surface area (Å²) in [5.74, 6) is 0.0167. The van der Waals surface area contributed by atoms with Gasteiger partial charge in [0.25, 0.3) is 5.91 Å². The van der Waals surface area contributed by atoms with Crippen molar-refractivity contribution in [2.24, 2.45) is 0 Å². The highest BCUT2D eigenvalue weighted by molar-refractivity contribution is 9.10. The Morgan fingerprint density at radius 2 is 2.00 bits per heavy atom. The Bertz CT molecular complexity index is 677. The number of nitrogens with zero attached hydrogens (tertiary/aromatic N) is 1. The van der Waals surface area contributed by atoms with Gasteiger partial charge in [-0.15, -0.1) is 11.8 Å². The Labute approximate surface area is 129 Å². The van der Waals surface area contributed by atoms with Crippen LogP contribution in [0.2, 0.25) is 0 Å². The van der Waals surface area contributed by atoms with Crippen LogP contribution in [0.15, 0.2) is 51.8 Å². The topological polar surface area (TPSA) is 20.3 Å². The van der Waals surface area contributed by atoms with E-state index in [-0.39, 0.29) is 11.5 Å². The predicted octanol–water partition coefficient (Wildman–Crippen LogP) is 4.34. The van der Waals surface area contributed by atoms with Crippen LogP contribution >= 0.6 is 27.7 Å². The second kappa shape index (κ2) is 5.58. The Morgan fingerprint density at radius 3 is 2.85 bits per heavy atom. The molecule has 3 rings (SSSR count). The van der Waals surface area contributed by atoms with Gasteiger partial charge in [0.15, 0.2) is 0 Å². The van der Waals surface area contributed by atoms with Gasteiger partial charge in [-0.3, -0.25) is 4.79 Å². The molecule has 1 aliphatic rings. The van der Waals surface area contributed by atoms with Crippen LogP contribution in [-0.2, 0) is 0 Å². The Balaban J connectivity index is 2.02. The fraction of sp³-hybridized carbons (Fsp3) is 0.133. The summed E-state index contributed by atoms with van der Waals surface area (Å²) in [6.45, 7) is 0.590. The van der Waals surface area contributed by atoms with Gasteiger partial charge in [0, 0.05) is 17.2 Å². The SMILES string of the molecule is O=C(c1cccc(Br)c1F)N1CCSc2ccccc21. The fourth-order valence-electron chi connectivity index (χ4n) is 2.19. The Kier molecular flexibility index (Phi) is 3.81. The van der Waals surface area contributed by atoms with Gasteiger partial charge >= 0.3 is 0 Å². The van der Waals surface area contributed by atoms with Gasteiger partial charge in [0.1, 0.15) is 5.82 Å². The number of amides is 1. The monoisotopic (exact) mass is 351 g/mol. The average molecular weight is 352 g/mol. The summed E-state index contributed by atoms with van der Waals surface area (Å²) in [7, 11) is 0. The zero-order valence-corrected chi connectivity index (χ0v) is 12.9. The van der Waals surface area contributed by atoms with E-state index in [9.17, 15) is 9.18 Å². The molecule has 2 nitrogen and oxygen atoms in total. The normalized spacial score (nSPS) is 14.0. The largest absolute Gasteiger partial charge is 0.306 e. The van der Waals surface area contributed by atoms with E-state index in [1.165, 1.54) is 6.07 Å². The minimum absolute atomic E-state index is 0.0982. The highest BCUT2D eigenvalue weighted by atomic mass is 79.9. The van der Waals surface area contributed by atoms with Gasteiger partial charge in [-0.25, -0.2) is 4.39 Å². The first-order valence-corrected chi connectivity index (χ1v) is 7.94. The van der Waals surface area contributed by atoms with Crippen LogP contribution in [0.25, 0.3) is 0 Å². The molecule has 5 heteroatoms. The molecule has 2 aromatic carbocycles. The summed E-state index contributed by atoms with van der Waals surface area (Å²) in [5.41, 5.74) is 0.953. The zero-order valence-electron chi connectivity index (χ0n) is 10.5. The van der Waals surface area contributed by atoms with Crippen LogP contribution in [0.4, 0.5) is 10.1 Å². The van der Waals surface area contributed by atoms with Gasteiger partial charge in [-0.2, -0.15) is 0 Å². The first kappa shape index (κ1) is 13.6. The maximum atomic E-state index is 14.1. The molecule has 0 aromatic heterocycles. The van der Waals surface area contributed by atoms with Gasteiger partial charge in [-0.05, 0) is 40.2 Å². The molecular weight excluding hydrogens is 341 g/mol. The number of benzene rings is 2. The van der Waals surface area contributed by atoms with Crippen LogP contribution in [0, 0.1) is 5.82 Å². The third-order valence-electron chi connectivity index (χ3n) is 3.16. The molecule has 2 aromatic rings. The molecule has 1 amide bonds. The molecule has 0 radical (unpaired) electrons. The van der Waals surface area contributed by atoms with Gasteiger partial charge in [-0.1, -0.05) is 18.2 Å². The van der Waals surface area contributed by atoms with Crippen LogP contribution in [-0.4, -0.2) is 18.2 Å². The Hall–Kier alpha value is -1.33. The molecule has 0 spiro atoms. The molecule has 0 bridgehead atoms. The van der Waals surface area contributed by atoms with Crippen molar-refractivity contribution in [1.29, 1.82) is 0 Å². The van der Waals surface area contributed by atoms with Crippen molar-refractivity contribution < 1.29 is 9.18 Å². The van der Waals surface area contributed by atoms with Crippen molar-refractivity contribution in [3.63, 3.8) is 0 Å². The average Bonchev–Trinajstić information content (AvgIpc) is 2.49. The first-order chi connectivity index (χ1) is 9.68.